The van der Waals surface area contributed by atoms with E-state index in [0.717, 1.165) is 0 Å². The number of hydrogen-bond donors (Lipinski definition) is 4. The minimum absolute atomic E-state index is 0.222. The highest BCUT2D eigenvalue weighted by atomic mass is 16.4. The van der Waals surface area contributed by atoms with Crippen molar-refractivity contribution in [3.05, 3.63) is 0 Å². The molecule has 0 unspecified atom stereocenters. The quantitative estimate of drug-likeness (QED) is 0.280. The Bertz CT molecular complexity index is 98.0. The minimum atomic E-state index is -0.745. The zero-order valence-electron chi connectivity index (χ0n) is 5.22. The van der Waals surface area contributed by atoms with Crippen molar-refractivity contribution in [1.82, 2.24) is 0 Å². The Balaban J connectivity index is 0. The van der Waals surface area contributed by atoms with E-state index in [9.17, 15) is 4.79 Å². The molecule has 0 aliphatic carbocycles. The third kappa shape index (κ3) is 277. The van der Waals surface area contributed by atoms with E-state index in [1.54, 1.807) is 6.92 Å². The zero-order chi connectivity index (χ0) is 7.86. The molecule has 0 amide bonds. The van der Waals surface area contributed by atoms with Crippen LogP contribution in [0.3, 0.4) is 0 Å². The van der Waals surface area contributed by atoms with Crippen molar-refractivity contribution in [1.29, 1.82) is 5.41 Å². The molecule has 0 aliphatic rings. The van der Waals surface area contributed by atoms with Crippen molar-refractivity contribution in [2.24, 2.45) is 11.5 Å². The zero-order valence-corrected chi connectivity index (χ0v) is 5.22. The number of carboxylic acid groups (broad SMARTS) is 1. The number of hydrogen-bond acceptors (Lipinski definition) is 2. The first-order chi connectivity index (χ1) is 4.00. The van der Waals surface area contributed by atoms with Gasteiger partial charge in [-0.2, -0.15) is 0 Å². The van der Waals surface area contributed by atoms with Gasteiger partial charge >= 0.3 is 5.97 Å². The van der Waals surface area contributed by atoms with Gasteiger partial charge in [0.15, 0.2) is 5.96 Å². The van der Waals surface area contributed by atoms with Crippen LogP contribution in [0.15, 0.2) is 0 Å². The third-order valence-corrected chi connectivity index (χ3v) is 0.302. The molecule has 0 aliphatic heterocycles. The van der Waals surface area contributed by atoms with E-state index >= 15 is 0 Å². The Hall–Kier alpha value is -1.26. The second-order valence-corrected chi connectivity index (χ2v) is 1.20. The van der Waals surface area contributed by atoms with Crippen LogP contribution in [0.4, 0.5) is 0 Å². The Morgan fingerprint density at radius 3 is 1.78 bits per heavy atom. The third-order valence-electron chi connectivity index (χ3n) is 0.302. The summed E-state index contributed by atoms with van der Waals surface area (Å²) in [7, 11) is 0. The molecule has 0 bridgehead atoms. The van der Waals surface area contributed by atoms with Crippen LogP contribution in [-0.4, -0.2) is 17.0 Å². The number of nitrogens with one attached hydrogen (secondary N) is 1. The number of guanidine groups is 1. The van der Waals surface area contributed by atoms with Crippen LogP contribution in [-0.2, 0) is 4.79 Å². The van der Waals surface area contributed by atoms with Crippen LogP contribution >= 0.6 is 0 Å². The van der Waals surface area contributed by atoms with Crippen LogP contribution in [0, 0.1) is 5.41 Å². The maximum atomic E-state index is 9.37. The summed E-state index contributed by atoms with van der Waals surface area (Å²) in [5.41, 5.74) is 8.94. The highest BCUT2D eigenvalue weighted by molar-refractivity contribution is 5.71. The van der Waals surface area contributed by atoms with Gasteiger partial charge in [0.25, 0.3) is 0 Å². The number of carbonyl (C=O) groups is 1. The summed E-state index contributed by atoms with van der Waals surface area (Å²) >= 11 is 0. The molecular formula is C4H11N3O2. The molecule has 0 aromatic carbocycles. The highest BCUT2D eigenvalue weighted by Gasteiger charge is 1.80. The van der Waals surface area contributed by atoms with Gasteiger partial charge in [-0.05, 0) is 0 Å². The van der Waals surface area contributed by atoms with Crippen LogP contribution in [0.5, 0.6) is 0 Å². The van der Waals surface area contributed by atoms with E-state index in [4.69, 9.17) is 10.5 Å². The van der Waals surface area contributed by atoms with Gasteiger partial charge in [0.05, 0.1) is 0 Å². The van der Waals surface area contributed by atoms with Crippen molar-refractivity contribution >= 4 is 11.9 Å². The predicted molar refractivity (Wildman–Crippen MR) is 34.0 cm³/mol. The monoisotopic (exact) mass is 133 g/mol. The fourth-order valence-electron chi connectivity index (χ4n) is 0. The van der Waals surface area contributed by atoms with Gasteiger partial charge < -0.3 is 16.6 Å². The Kier molecular flexibility index (Phi) is 7.99. The van der Waals surface area contributed by atoms with Crippen LogP contribution in [0.2, 0.25) is 0 Å². The average Bonchev–Trinajstić information content (AvgIpc) is 1.65. The van der Waals surface area contributed by atoms with Crippen LogP contribution in [0.25, 0.3) is 0 Å². The van der Waals surface area contributed by atoms with Gasteiger partial charge in [-0.3, -0.25) is 10.2 Å². The molecule has 54 valence electrons. The lowest BCUT2D eigenvalue weighted by Gasteiger charge is -1.71. The summed E-state index contributed by atoms with van der Waals surface area (Å²) in [4.78, 5) is 9.37. The maximum absolute atomic E-state index is 9.37. The number of nitrogens with two attached hydrogens (primary N) is 2. The summed E-state index contributed by atoms with van der Waals surface area (Å²) in [5.74, 6) is -1.08. The summed E-state index contributed by atoms with van der Waals surface area (Å²) in [6.07, 6.45) is 0.222. The van der Waals surface area contributed by atoms with E-state index in [2.05, 4.69) is 11.5 Å². The molecule has 0 spiro atoms. The van der Waals surface area contributed by atoms with E-state index in [1.807, 2.05) is 0 Å². The van der Waals surface area contributed by atoms with Crippen molar-refractivity contribution in [2.75, 3.05) is 0 Å². The maximum Gasteiger partial charge on any atom is 0.303 e. The summed E-state index contributed by atoms with van der Waals surface area (Å²) in [6, 6.07) is 0. The van der Waals surface area contributed by atoms with E-state index in [0.29, 0.717) is 0 Å². The number of rotatable bonds is 1. The number of carboxylic acids is 1. The average molecular weight is 133 g/mol. The molecular weight excluding hydrogens is 122 g/mol. The molecule has 0 atom stereocenters. The topological polar surface area (TPSA) is 113 Å². The standard InChI is InChI=1S/C3H6O2.CH5N3/c1-2-3(4)5;2-1(3)4/h2H2,1H3,(H,4,5);(H5,2,3,4). The second kappa shape index (κ2) is 6.74. The lowest BCUT2D eigenvalue weighted by molar-refractivity contribution is -0.136. The first kappa shape index (κ1) is 10.7. The lowest BCUT2D eigenvalue weighted by Crippen LogP contribution is -2.20. The fraction of sp³-hybridized carbons (Fsp3) is 0.500. The van der Waals surface area contributed by atoms with Gasteiger partial charge in [-0.15, -0.1) is 0 Å². The molecule has 0 rings (SSSR count). The summed E-state index contributed by atoms with van der Waals surface area (Å²) in [5, 5.41) is 13.8. The largest absolute Gasteiger partial charge is 0.481 e. The van der Waals surface area contributed by atoms with Gasteiger partial charge in [-0.25, -0.2) is 0 Å². The predicted octanol–water partition coefficient (Wildman–Crippen LogP) is -0.680. The lowest BCUT2D eigenvalue weighted by atomic mass is 10.5. The van der Waals surface area contributed by atoms with Crippen molar-refractivity contribution in [3.63, 3.8) is 0 Å². The van der Waals surface area contributed by atoms with Crippen molar-refractivity contribution < 1.29 is 9.90 Å². The van der Waals surface area contributed by atoms with Crippen molar-refractivity contribution in [2.45, 2.75) is 13.3 Å². The molecule has 9 heavy (non-hydrogen) atoms. The SMILES string of the molecule is CCC(=O)O.N=C(N)N. The molecule has 0 heterocycles. The normalized spacial score (nSPS) is 6.78. The van der Waals surface area contributed by atoms with Gasteiger partial charge in [0.1, 0.15) is 0 Å². The van der Waals surface area contributed by atoms with Gasteiger partial charge in [-0.1, -0.05) is 6.92 Å². The Labute approximate surface area is 53.2 Å². The Morgan fingerprint density at radius 2 is 1.78 bits per heavy atom. The fourth-order valence-corrected chi connectivity index (χ4v) is 0. The number of aliphatic carboxylic acids is 1. The summed E-state index contributed by atoms with van der Waals surface area (Å²) in [6.45, 7) is 1.60. The molecule has 0 saturated heterocycles. The molecule has 6 N–H and O–H groups in total. The molecule has 5 heteroatoms. The molecule has 0 aromatic heterocycles. The van der Waals surface area contributed by atoms with E-state index < -0.39 is 5.97 Å². The first-order valence-corrected chi connectivity index (χ1v) is 2.32. The smallest absolute Gasteiger partial charge is 0.303 e. The molecule has 0 radical (unpaired) electrons. The van der Waals surface area contributed by atoms with E-state index in [1.165, 1.54) is 0 Å². The second-order valence-electron chi connectivity index (χ2n) is 1.20. The highest BCUT2D eigenvalue weighted by Crippen LogP contribution is 1.67. The van der Waals surface area contributed by atoms with Gasteiger partial charge in [0.2, 0.25) is 0 Å². The van der Waals surface area contributed by atoms with Crippen LogP contribution < -0.4 is 11.5 Å². The van der Waals surface area contributed by atoms with Crippen molar-refractivity contribution in [3.8, 4) is 0 Å². The van der Waals surface area contributed by atoms with E-state index in [-0.39, 0.29) is 12.4 Å². The summed E-state index contributed by atoms with van der Waals surface area (Å²) < 4.78 is 0. The Morgan fingerprint density at radius 1 is 1.67 bits per heavy atom. The first-order valence-electron chi connectivity index (χ1n) is 2.32. The van der Waals surface area contributed by atoms with Crippen LogP contribution in [0.1, 0.15) is 13.3 Å². The minimum Gasteiger partial charge on any atom is -0.481 e. The molecule has 5 nitrogen and oxygen atoms in total. The molecule has 0 fully saturated rings. The molecule has 0 aromatic rings. The van der Waals surface area contributed by atoms with Gasteiger partial charge in [0, 0.05) is 6.42 Å². The molecule has 0 saturated carbocycles.